The predicted molar refractivity (Wildman–Crippen MR) is 63.2 cm³/mol. The number of allylic oxidation sites excluding steroid dienone is 2. The average Bonchev–Trinajstić information content (AvgIpc) is 2.19. The summed E-state index contributed by atoms with van der Waals surface area (Å²) in [6.07, 6.45) is 5.86. The van der Waals surface area contributed by atoms with Gasteiger partial charge in [-0.2, -0.15) is 0 Å². The van der Waals surface area contributed by atoms with E-state index in [9.17, 15) is 0 Å². The van der Waals surface area contributed by atoms with Gasteiger partial charge in [0.2, 0.25) is 0 Å². The van der Waals surface area contributed by atoms with Gasteiger partial charge >= 0.3 is 0 Å². The molecule has 0 amide bonds. The highest BCUT2D eigenvalue weighted by molar-refractivity contribution is 5.40. The molecule has 14 heavy (non-hydrogen) atoms. The van der Waals surface area contributed by atoms with Crippen LogP contribution < -0.4 is 5.73 Å². The minimum Gasteiger partial charge on any atom is -0.399 e. The maximum atomic E-state index is 5.63. The van der Waals surface area contributed by atoms with Gasteiger partial charge in [-0.15, -0.1) is 13.2 Å². The molecule has 74 valence electrons. The van der Waals surface area contributed by atoms with Gasteiger partial charge in [0.05, 0.1) is 0 Å². The van der Waals surface area contributed by atoms with Crippen molar-refractivity contribution in [1.29, 1.82) is 0 Å². The summed E-state index contributed by atoms with van der Waals surface area (Å²) in [5, 5.41) is 0. The molecular weight excluding hydrogens is 170 g/mol. The lowest BCUT2D eigenvalue weighted by molar-refractivity contribution is 0.714. The third-order valence-corrected chi connectivity index (χ3v) is 2.31. The summed E-state index contributed by atoms with van der Waals surface area (Å²) in [6.45, 7) is 7.53. The van der Waals surface area contributed by atoms with Crippen LogP contribution in [0.25, 0.3) is 0 Å². The van der Waals surface area contributed by atoms with Crippen LogP contribution in [0.5, 0.6) is 0 Å². The Morgan fingerprint density at radius 1 is 1.07 bits per heavy atom. The van der Waals surface area contributed by atoms with Gasteiger partial charge in [0.1, 0.15) is 0 Å². The molecule has 1 aromatic rings. The standard InChI is InChI=1S/C13H17N/c1-3-5-11(6-4-2)12-7-9-13(14)10-8-12/h3-4,7-11H,1-2,5-6,14H2. The Bertz CT molecular complexity index is 288. The summed E-state index contributed by atoms with van der Waals surface area (Å²) in [5.41, 5.74) is 7.75. The molecule has 0 heterocycles. The molecule has 0 saturated heterocycles. The SMILES string of the molecule is C=CCC(CC=C)c1ccc(N)cc1. The fourth-order valence-electron chi connectivity index (χ4n) is 1.54. The van der Waals surface area contributed by atoms with Gasteiger partial charge < -0.3 is 5.73 Å². The van der Waals surface area contributed by atoms with E-state index in [0.29, 0.717) is 5.92 Å². The first-order valence-electron chi connectivity index (χ1n) is 4.85. The van der Waals surface area contributed by atoms with Crippen LogP contribution in [0.2, 0.25) is 0 Å². The fourth-order valence-corrected chi connectivity index (χ4v) is 1.54. The lowest BCUT2D eigenvalue weighted by atomic mass is 9.92. The Balaban J connectivity index is 2.80. The van der Waals surface area contributed by atoms with Crippen LogP contribution >= 0.6 is 0 Å². The van der Waals surface area contributed by atoms with E-state index in [1.807, 2.05) is 24.3 Å². The zero-order valence-corrected chi connectivity index (χ0v) is 8.45. The summed E-state index contributed by atoms with van der Waals surface area (Å²) in [7, 11) is 0. The Hall–Kier alpha value is -1.50. The van der Waals surface area contributed by atoms with Crippen molar-refractivity contribution >= 4 is 5.69 Å². The number of hydrogen-bond donors (Lipinski definition) is 1. The molecular formula is C13H17N. The lowest BCUT2D eigenvalue weighted by Crippen LogP contribution is -1.96. The van der Waals surface area contributed by atoms with Crippen molar-refractivity contribution in [2.24, 2.45) is 0 Å². The third-order valence-electron chi connectivity index (χ3n) is 2.31. The third kappa shape index (κ3) is 2.77. The van der Waals surface area contributed by atoms with Crippen molar-refractivity contribution in [3.05, 3.63) is 55.1 Å². The Morgan fingerprint density at radius 2 is 1.57 bits per heavy atom. The maximum Gasteiger partial charge on any atom is 0.0314 e. The van der Waals surface area contributed by atoms with Crippen LogP contribution in [0.3, 0.4) is 0 Å². The molecule has 0 aromatic heterocycles. The quantitative estimate of drug-likeness (QED) is 0.554. The molecule has 0 saturated carbocycles. The fraction of sp³-hybridized carbons (Fsp3) is 0.231. The largest absolute Gasteiger partial charge is 0.399 e. The van der Waals surface area contributed by atoms with Crippen molar-refractivity contribution < 1.29 is 0 Å². The second-order valence-electron chi connectivity index (χ2n) is 3.41. The van der Waals surface area contributed by atoms with Crippen molar-refractivity contribution in [2.45, 2.75) is 18.8 Å². The first-order chi connectivity index (χ1) is 6.77. The lowest BCUT2D eigenvalue weighted by Gasteiger charge is -2.13. The number of rotatable bonds is 5. The summed E-state index contributed by atoms with van der Waals surface area (Å²) in [4.78, 5) is 0. The zero-order valence-electron chi connectivity index (χ0n) is 8.45. The van der Waals surface area contributed by atoms with Gasteiger partial charge in [0.25, 0.3) is 0 Å². The van der Waals surface area contributed by atoms with Gasteiger partial charge in [0.15, 0.2) is 0 Å². The summed E-state index contributed by atoms with van der Waals surface area (Å²) >= 11 is 0. The van der Waals surface area contributed by atoms with Gasteiger partial charge in [-0.05, 0) is 36.5 Å². The van der Waals surface area contributed by atoms with Crippen LogP contribution in [-0.4, -0.2) is 0 Å². The van der Waals surface area contributed by atoms with Crippen molar-refractivity contribution in [3.63, 3.8) is 0 Å². The maximum absolute atomic E-state index is 5.63. The summed E-state index contributed by atoms with van der Waals surface area (Å²) < 4.78 is 0. The van der Waals surface area contributed by atoms with E-state index < -0.39 is 0 Å². The van der Waals surface area contributed by atoms with Crippen LogP contribution in [0, 0.1) is 0 Å². The minimum absolute atomic E-state index is 0.491. The van der Waals surface area contributed by atoms with Crippen LogP contribution in [-0.2, 0) is 0 Å². The van der Waals surface area contributed by atoms with Crippen LogP contribution in [0.15, 0.2) is 49.6 Å². The molecule has 0 spiro atoms. The van der Waals surface area contributed by atoms with Crippen LogP contribution in [0.1, 0.15) is 24.3 Å². The number of hydrogen-bond acceptors (Lipinski definition) is 1. The highest BCUT2D eigenvalue weighted by Gasteiger charge is 2.07. The topological polar surface area (TPSA) is 26.0 Å². The zero-order chi connectivity index (χ0) is 10.4. The highest BCUT2D eigenvalue weighted by Crippen LogP contribution is 2.24. The van der Waals surface area contributed by atoms with Crippen molar-refractivity contribution in [2.75, 3.05) is 5.73 Å². The average molecular weight is 187 g/mol. The molecule has 0 aliphatic heterocycles. The predicted octanol–water partition coefficient (Wildman–Crippen LogP) is 3.50. The second-order valence-corrected chi connectivity index (χ2v) is 3.41. The number of nitrogens with two attached hydrogens (primary N) is 1. The molecule has 1 aromatic carbocycles. The minimum atomic E-state index is 0.491. The van der Waals surface area contributed by atoms with E-state index in [4.69, 9.17) is 5.73 Å². The smallest absolute Gasteiger partial charge is 0.0314 e. The van der Waals surface area contributed by atoms with E-state index in [1.54, 1.807) is 0 Å². The highest BCUT2D eigenvalue weighted by atomic mass is 14.5. The Labute approximate surface area is 85.9 Å². The molecule has 0 aliphatic carbocycles. The normalized spacial score (nSPS) is 10.1. The van der Waals surface area contributed by atoms with Crippen molar-refractivity contribution in [3.8, 4) is 0 Å². The Morgan fingerprint density at radius 3 is 2.00 bits per heavy atom. The van der Waals surface area contributed by atoms with Gasteiger partial charge in [-0.25, -0.2) is 0 Å². The van der Waals surface area contributed by atoms with Crippen molar-refractivity contribution in [1.82, 2.24) is 0 Å². The molecule has 0 fully saturated rings. The van der Waals surface area contributed by atoms with Gasteiger partial charge in [-0.3, -0.25) is 0 Å². The molecule has 1 heteroatoms. The molecule has 0 radical (unpaired) electrons. The van der Waals surface area contributed by atoms with E-state index in [-0.39, 0.29) is 0 Å². The second kappa shape index (κ2) is 5.28. The molecule has 0 unspecified atom stereocenters. The van der Waals surface area contributed by atoms with E-state index in [0.717, 1.165) is 18.5 Å². The van der Waals surface area contributed by atoms with Gasteiger partial charge in [0, 0.05) is 5.69 Å². The Kier molecular flexibility index (Phi) is 3.99. The summed E-state index contributed by atoms with van der Waals surface area (Å²) in [6, 6.07) is 8.03. The molecule has 0 bridgehead atoms. The van der Waals surface area contributed by atoms with Gasteiger partial charge in [-0.1, -0.05) is 24.3 Å². The number of nitrogen functional groups attached to an aromatic ring is 1. The van der Waals surface area contributed by atoms with E-state index in [2.05, 4.69) is 25.3 Å². The molecule has 0 atom stereocenters. The monoisotopic (exact) mass is 187 g/mol. The van der Waals surface area contributed by atoms with E-state index in [1.165, 1.54) is 5.56 Å². The number of anilines is 1. The number of benzene rings is 1. The first-order valence-corrected chi connectivity index (χ1v) is 4.85. The molecule has 0 aliphatic rings. The molecule has 1 nitrogen and oxygen atoms in total. The molecule has 1 rings (SSSR count). The summed E-state index contributed by atoms with van der Waals surface area (Å²) in [5.74, 6) is 0.491. The van der Waals surface area contributed by atoms with E-state index >= 15 is 0 Å². The first kappa shape index (κ1) is 10.6. The molecule has 2 N–H and O–H groups in total. The van der Waals surface area contributed by atoms with Crippen LogP contribution in [0.4, 0.5) is 5.69 Å².